The van der Waals surface area contributed by atoms with Gasteiger partial charge in [-0.15, -0.1) is 0 Å². The van der Waals surface area contributed by atoms with Crippen molar-refractivity contribution >= 4 is 6.09 Å². The fraction of sp³-hybridized carbons (Fsp3) is 0.533. The number of amides is 1. The number of ether oxygens (including phenoxy) is 1. The second kappa shape index (κ2) is 4.85. The van der Waals surface area contributed by atoms with E-state index in [0.29, 0.717) is 19.1 Å². The van der Waals surface area contributed by atoms with Crippen molar-refractivity contribution in [1.29, 1.82) is 0 Å². The van der Waals surface area contributed by atoms with Gasteiger partial charge in [0.25, 0.3) is 0 Å². The Morgan fingerprint density at radius 2 is 2.32 bits per heavy atom. The molecule has 0 aromatic heterocycles. The zero-order chi connectivity index (χ0) is 13.4. The smallest absolute Gasteiger partial charge is 0.410 e. The maximum atomic E-state index is 12.1. The minimum atomic E-state index is -0.185. The molecule has 0 saturated carbocycles. The van der Waals surface area contributed by atoms with Crippen molar-refractivity contribution in [1.82, 2.24) is 10.2 Å². The number of nitrogens with zero attached hydrogens (tertiary/aromatic N) is 1. The van der Waals surface area contributed by atoms with E-state index in [-0.39, 0.29) is 12.1 Å². The van der Waals surface area contributed by atoms with Crippen LogP contribution in [0.4, 0.5) is 4.79 Å². The third-order valence-corrected chi connectivity index (χ3v) is 4.26. The molecule has 0 bridgehead atoms. The molecule has 2 atom stereocenters. The Labute approximate surface area is 113 Å². The largest absolute Gasteiger partial charge is 0.450 e. The minimum absolute atomic E-state index is 0.185. The summed E-state index contributed by atoms with van der Waals surface area (Å²) in [6.07, 6.45) is -0.185. The first-order valence-electron chi connectivity index (χ1n) is 6.95. The SMILES string of the molecule is CCOC(=O)N1Cc2c(C)cccc2[C@@H]2CNC[C@H]21. The van der Waals surface area contributed by atoms with Gasteiger partial charge in [-0.05, 0) is 30.5 Å². The van der Waals surface area contributed by atoms with E-state index >= 15 is 0 Å². The molecule has 0 aliphatic carbocycles. The molecule has 1 aromatic carbocycles. The molecule has 102 valence electrons. The van der Waals surface area contributed by atoms with Crippen molar-refractivity contribution in [3.05, 3.63) is 34.9 Å². The van der Waals surface area contributed by atoms with Crippen molar-refractivity contribution < 1.29 is 9.53 Å². The van der Waals surface area contributed by atoms with Gasteiger partial charge in [-0.2, -0.15) is 0 Å². The Morgan fingerprint density at radius 3 is 3.11 bits per heavy atom. The van der Waals surface area contributed by atoms with Crippen LogP contribution < -0.4 is 5.32 Å². The molecular weight excluding hydrogens is 240 g/mol. The monoisotopic (exact) mass is 260 g/mol. The normalized spacial score (nSPS) is 24.8. The van der Waals surface area contributed by atoms with Gasteiger partial charge >= 0.3 is 6.09 Å². The molecule has 4 nitrogen and oxygen atoms in total. The van der Waals surface area contributed by atoms with Crippen LogP contribution in [0.2, 0.25) is 0 Å². The van der Waals surface area contributed by atoms with Crippen LogP contribution in [0.25, 0.3) is 0 Å². The molecule has 1 amide bonds. The Hall–Kier alpha value is -1.55. The van der Waals surface area contributed by atoms with Gasteiger partial charge in [0.05, 0.1) is 12.6 Å². The number of carbonyl (C=O) groups is 1. The lowest BCUT2D eigenvalue weighted by Crippen LogP contribution is -2.47. The van der Waals surface area contributed by atoms with Crippen LogP contribution in [0.15, 0.2) is 18.2 Å². The van der Waals surface area contributed by atoms with Crippen LogP contribution in [0.3, 0.4) is 0 Å². The van der Waals surface area contributed by atoms with Gasteiger partial charge in [0.15, 0.2) is 0 Å². The highest BCUT2D eigenvalue weighted by Gasteiger charge is 2.41. The summed E-state index contributed by atoms with van der Waals surface area (Å²) < 4.78 is 5.20. The third kappa shape index (κ3) is 2.00. The molecule has 1 N–H and O–H groups in total. The fourth-order valence-electron chi connectivity index (χ4n) is 3.29. The minimum Gasteiger partial charge on any atom is -0.450 e. The van der Waals surface area contributed by atoms with Crippen molar-refractivity contribution in [2.24, 2.45) is 0 Å². The molecular formula is C15H20N2O2. The third-order valence-electron chi connectivity index (χ3n) is 4.26. The summed E-state index contributed by atoms with van der Waals surface area (Å²) in [5.41, 5.74) is 3.95. The molecule has 2 aliphatic heterocycles. The van der Waals surface area contributed by atoms with E-state index in [2.05, 4.69) is 30.4 Å². The van der Waals surface area contributed by atoms with Crippen molar-refractivity contribution in [3.8, 4) is 0 Å². The van der Waals surface area contributed by atoms with Crippen LogP contribution in [-0.2, 0) is 11.3 Å². The lowest BCUT2D eigenvalue weighted by molar-refractivity contribution is 0.0824. The topological polar surface area (TPSA) is 41.6 Å². The average Bonchev–Trinajstić information content (AvgIpc) is 2.88. The molecule has 0 unspecified atom stereocenters. The van der Waals surface area contributed by atoms with Crippen molar-refractivity contribution in [2.45, 2.75) is 32.4 Å². The van der Waals surface area contributed by atoms with Gasteiger partial charge in [0, 0.05) is 25.6 Å². The van der Waals surface area contributed by atoms with Crippen LogP contribution >= 0.6 is 0 Å². The summed E-state index contributed by atoms with van der Waals surface area (Å²) in [7, 11) is 0. The number of nitrogens with one attached hydrogen (secondary N) is 1. The van der Waals surface area contributed by atoms with Crippen molar-refractivity contribution in [2.75, 3.05) is 19.7 Å². The quantitative estimate of drug-likeness (QED) is 0.840. The highest BCUT2D eigenvalue weighted by Crippen LogP contribution is 2.37. The summed E-state index contributed by atoms with van der Waals surface area (Å²) in [5, 5.41) is 3.40. The second-order valence-electron chi connectivity index (χ2n) is 5.30. The van der Waals surface area contributed by atoms with Crippen LogP contribution in [0, 0.1) is 6.92 Å². The molecule has 2 heterocycles. The predicted molar refractivity (Wildman–Crippen MR) is 73.1 cm³/mol. The standard InChI is InChI=1S/C15H20N2O2/c1-3-19-15(18)17-9-13-10(2)5-4-6-11(13)12-7-16-8-14(12)17/h4-6,12,14,16H,3,7-9H2,1-2H3/t12-,14+/m0/s1. The number of hydrogen-bond donors (Lipinski definition) is 1. The zero-order valence-corrected chi connectivity index (χ0v) is 11.5. The molecule has 1 saturated heterocycles. The maximum absolute atomic E-state index is 12.1. The van der Waals surface area contributed by atoms with Gasteiger partial charge in [-0.3, -0.25) is 4.90 Å². The Balaban J connectivity index is 1.98. The number of rotatable bonds is 1. The highest BCUT2D eigenvalue weighted by molar-refractivity contribution is 5.69. The molecule has 2 aliphatic rings. The number of hydrogen-bond acceptors (Lipinski definition) is 3. The first-order valence-corrected chi connectivity index (χ1v) is 6.95. The lowest BCUT2D eigenvalue weighted by Gasteiger charge is -2.38. The molecule has 0 spiro atoms. The molecule has 19 heavy (non-hydrogen) atoms. The van der Waals surface area contributed by atoms with Gasteiger partial charge in [0.1, 0.15) is 0 Å². The van der Waals surface area contributed by atoms with Crippen LogP contribution in [0.5, 0.6) is 0 Å². The zero-order valence-electron chi connectivity index (χ0n) is 11.5. The van der Waals surface area contributed by atoms with Gasteiger partial charge in [-0.1, -0.05) is 18.2 Å². The first-order chi connectivity index (χ1) is 9.22. The van der Waals surface area contributed by atoms with Gasteiger partial charge in [0.2, 0.25) is 0 Å². The van der Waals surface area contributed by atoms with E-state index in [0.717, 1.165) is 13.1 Å². The summed E-state index contributed by atoms with van der Waals surface area (Å²) in [5.74, 6) is 0.396. The average molecular weight is 260 g/mol. The highest BCUT2D eigenvalue weighted by atomic mass is 16.6. The number of fused-ring (bicyclic) bond motifs is 3. The van der Waals surface area contributed by atoms with E-state index < -0.39 is 0 Å². The maximum Gasteiger partial charge on any atom is 0.410 e. The van der Waals surface area contributed by atoms with E-state index in [4.69, 9.17) is 4.74 Å². The lowest BCUT2D eigenvalue weighted by atomic mass is 9.84. The summed E-state index contributed by atoms with van der Waals surface area (Å²) >= 11 is 0. The second-order valence-corrected chi connectivity index (χ2v) is 5.30. The molecule has 4 heteroatoms. The van der Waals surface area contributed by atoms with Crippen molar-refractivity contribution in [3.63, 3.8) is 0 Å². The van der Waals surface area contributed by atoms with E-state index in [1.165, 1.54) is 16.7 Å². The van der Waals surface area contributed by atoms with Crippen LogP contribution in [0.1, 0.15) is 29.5 Å². The van der Waals surface area contributed by atoms with E-state index in [1.807, 2.05) is 11.8 Å². The summed E-state index contributed by atoms with van der Waals surface area (Å²) in [4.78, 5) is 14.0. The predicted octanol–water partition coefficient (Wildman–Crippen LogP) is 2.02. The number of carbonyl (C=O) groups excluding carboxylic acids is 1. The molecule has 3 rings (SSSR count). The number of aryl methyl sites for hydroxylation is 1. The Morgan fingerprint density at radius 1 is 1.47 bits per heavy atom. The van der Waals surface area contributed by atoms with Gasteiger partial charge < -0.3 is 10.1 Å². The Bertz CT molecular complexity index is 501. The first kappa shape index (κ1) is 12.5. The summed E-state index contributed by atoms with van der Waals surface area (Å²) in [6, 6.07) is 6.66. The molecule has 1 fully saturated rings. The molecule has 1 aromatic rings. The Kier molecular flexibility index (Phi) is 3.19. The number of benzene rings is 1. The molecule has 0 radical (unpaired) electrons. The van der Waals surface area contributed by atoms with E-state index in [9.17, 15) is 4.79 Å². The fourth-order valence-corrected chi connectivity index (χ4v) is 3.29. The summed E-state index contributed by atoms with van der Waals surface area (Å²) in [6.45, 7) is 6.87. The van der Waals surface area contributed by atoms with E-state index in [1.54, 1.807) is 0 Å². The van der Waals surface area contributed by atoms with Crippen LogP contribution in [-0.4, -0.2) is 36.7 Å². The van der Waals surface area contributed by atoms with Gasteiger partial charge in [-0.25, -0.2) is 4.79 Å².